The van der Waals surface area contributed by atoms with Crippen LogP contribution in [-0.4, -0.2) is 24.8 Å². The summed E-state index contributed by atoms with van der Waals surface area (Å²) >= 11 is 10.3. The van der Waals surface area contributed by atoms with Crippen molar-refractivity contribution in [3.05, 3.63) is 41.4 Å². The molecule has 0 aliphatic heterocycles. The Bertz CT molecular complexity index is 579. The highest BCUT2D eigenvalue weighted by atomic mass is 35.5. The molecule has 1 aromatic carbocycles. The largest absolute Gasteiger partial charge is 0.493 e. The van der Waals surface area contributed by atoms with E-state index in [9.17, 15) is 4.79 Å². The van der Waals surface area contributed by atoms with Crippen LogP contribution in [0.25, 0.3) is 0 Å². The van der Waals surface area contributed by atoms with Gasteiger partial charge in [-0.15, -0.1) is 6.58 Å². The van der Waals surface area contributed by atoms with Gasteiger partial charge in [0.05, 0.1) is 17.2 Å². The molecule has 1 fully saturated rings. The van der Waals surface area contributed by atoms with Gasteiger partial charge in [0.2, 0.25) is 0 Å². The van der Waals surface area contributed by atoms with Gasteiger partial charge >= 0.3 is 0 Å². The highest BCUT2D eigenvalue weighted by Crippen LogP contribution is 2.35. The fourth-order valence-corrected chi connectivity index (χ4v) is 3.80. The Labute approximate surface area is 161 Å². The molecule has 1 aliphatic rings. The third-order valence-corrected chi connectivity index (χ3v) is 5.28. The Balaban J connectivity index is 1.74. The van der Waals surface area contributed by atoms with Crippen LogP contribution in [0.2, 0.25) is 5.02 Å². The second kappa shape index (κ2) is 10.8. The Morgan fingerprint density at radius 2 is 2.20 bits per heavy atom. The predicted molar refractivity (Wildman–Crippen MR) is 108 cm³/mol. The summed E-state index contributed by atoms with van der Waals surface area (Å²) in [4.78, 5) is 12.3. The van der Waals surface area contributed by atoms with Crippen LogP contribution < -0.4 is 10.1 Å². The van der Waals surface area contributed by atoms with Crippen LogP contribution in [0.1, 0.15) is 48.9 Å². The van der Waals surface area contributed by atoms with Gasteiger partial charge in [0.1, 0.15) is 5.75 Å². The van der Waals surface area contributed by atoms with Crippen molar-refractivity contribution in [2.24, 2.45) is 11.8 Å². The van der Waals surface area contributed by atoms with Gasteiger partial charge in [-0.2, -0.15) is 12.6 Å². The first-order chi connectivity index (χ1) is 12.1. The number of carbonyl (C=O) groups excluding carboxylic acids is 1. The molecule has 0 bridgehead atoms. The van der Waals surface area contributed by atoms with Crippen molar-refractivity contribution < 1.29 is 9.53 Å². The van der Waals surface area contributed by atoms with Crippen LogP contribution in [0.5, 0.6) is 5.75 Å². The van der Waals surface area contributed by atoms with E-state index in [0.29, 0.717) is 35.2 Å². The Morgan fingerprint density at radius 1 is 1.40 bits per heavy atom. The average Bonchev–Trinajstić information content (AvgIpc) is 3.05. The van der Waals surface area contributed by atoms with Crippen molar-refractivity contribution in [3.8, 4) is 5.75 Å². The van der Waals surface area contributed by atoms with Gasteiger partial charge in [-0.25, -0.2) is 0 Å². The van der Waals surface area contributed by atoms with Crippen molar-refractivity contribution >= 4 is 30.1 Å². The number of amides is 1. The molecular formula is C20H28ClNO2S. The number of thiol groups is 1. The minimum atomic E-state index is -0.141. The summed E-state index contributed by atoms with van der Waals surface area (Å²) < 4.78 is 5.50. The lowest BCUT2D eigenvalue weighted by Crippen LogP contribution is -2.25. The standard InChI is InChI=1S/C20H28ClNO2S/c1-2-4-15-6-7-16(13-15)5-3-10-22-20(23)18-14-17(24-11-12-25)8-9-19(18)21/h2,8-9,14-16,25H,1,3-7,10-13H2,(H,22,23). The first kappa shape index (κ1) is 20.2. The maximum Gasteiger partial charge on any atom is 0.252 e. The number of nitrogens with one attached hydrogen (secondary N) is 1. The lowest BCUT2D eigenvalue weighted by Gasteiger charge is -2.12. The van der Waals surface area contributed by atoms with Gasteiger partial charge in [-0.05, 0) is 62.1 Å². The highest BCUT2D eigenvalue weighted by Gasteiger charge is 2.23. The fraction of sp³-hybridized carbons (Fsp3) is 0.550. The monoisotopic (exact) mass is 381 g/mol. The van der Waals surface area contributed by atoms with Crippen molar-refractivity contribution in [3.63, 3.8) is 0 Å². The molecule has 5 heteroatoms. The van der Waals surface area contributed by atoms with Crippen molar-refractivity contribution in [1.29, 1.82) is 0 Å². The third-order valence-electron chi connectivity index (χ3n) is 4.77. The van der Waals surface area contributed by atoms with E-state index in [1.807, 2.05) is 6.08 Å². The van der Waals surface area contributed by atoms with Crippen LogP contribution >= 0.6 is 24.2 Å². The van der Waals surface area contributed by atoms with E-state index in [4.69, 9.17) is 16.3 Å². The smallest absolute Gasteiger partial charge is 0.252 e. The molecule has 0 aromatic heterocycles. The maximum atomic E-state index is 12.3. The molecule has 138 valence electrons. The second-order valence-corrected chi connectivity index (χ2v) is 7.54. The number of rotatable bonds is 10. The van der Waals surface area contributed by atoms with E-state index in [1.54, 1.807) is 18.2 Å². The number of halogens is 1. The summed E-state index contributed by atoms with van der Waals surface area (Å²) in [5.41, 5.74) is 0.463. The topological polar surface area (TPSA) is 38.3 Å². The molecule has 25 heavy (non-hydrogen) atoms. The SMILES string of the molecule is C=CCC1CCC(CCCNC(=O)c2cc(OCCS)ccc2Cl)C1. The van der Waals surface area contributed by atoms with E-state index in [2.05, 4.69) is 24.5 Å². The zero-order valence-corrected chi connectivity index (χ0v) is 16.3. The summed E-state index contributed by atoms with van der Waals surface area (Å²) in [6, 6.07) is 5.16. The molecular weight excluding hydrogens is 354 g/mol. The second-order valence-electron chi connectivity index (χ2n) is 6.68. The van der Waals surface area contributed by atoms with Gasteiger partial charge in [0, 0.05) is 12.3 Å². The van der Waals surface area contributed by atoms with Gasteiger partial charge in [-0.3, -0.25) is 4.79 Å². The maximum absolute atomic E-state index is 12.3. The van der Waals surface area contributed by atoms with Crippen molar-refractivity contribution in [2.75, 3.05) is 18.9 Å². The lowest BCUT2D eigenvalue weighted by molar-refractivity contribution is 0.0952. The van der Waals surface area contributed by atoms with Crippen molar-refractivity contribution in [2.45, 2.75) is 38.5 Å². The molecule has 1 saturated carbocycles. The highest BCUT2D eigenvalue weighted by molar-refractivity contribution is 7.80. The van der Waals surface area contributed by atoms with E-state index in [1.165, 1.54) is 25.7 Å². The number of carbonyl (C=O) groups is 1. The Hall–Kier alpha value is -1.13. The minimum absolute atomic E-state index is 0.141. The molecule has 2 atom stereocenters. The third kappa shape index (κ3) is 6.59. The lowest BCUT2D eigenvalue weighted by atomic mass is 9.98. The fourth-order valence-electron chi connectivity index (χ4n) is 3.51. The molecule has 1 aliphatic carbocycles. The summed E-state index contributed by atoms with van der Waals surface area (Å²) in [7, 11) is 0. The molecule has 0 radical (unpaired) electrons. The van der Waals surface area contributed by atoms with E-state index >= 15 is 0 Å². The molecule has 1 aromatic rings. The Kier molecular flexibility index (Phi) is 8.70. The van der Waals surface area contributed by atoms with E-state index in [0.717, 1.165) is 24.7 Å². The first-order valence-electron chi connectivity index (χ1n) is 9.06. The zero-order valence-electron chi connectivity index (χ0n) is 14.7. The molecule has 0 spiro atoms. The molecule has 1 amide bonds. The summed E-state index contributed by atoms with van der Waals surface area (Å²) in [5, 5.41) is 3.42. The van der Waals surface area contributed by atoms with Gasteiger partial charge in [-0.1, -0.05) is 24.1 Å². The van der Waals surface area contributed by atoms with E-state index < -0.39 is 0 Å². The number of hydrogen-bond acceptors (Lipinski definition) is 3. The molecule has 3 nitrogen and oxygen atoms in total. The van der Waals surface area contributed by atoms with Crippen LogP contribution in [0.4, 0.5) is 0 Å². The number of allylic oxidation sites excluding steroid dienone is 1. The van der Waals surface area contributed by atoms with Gasteiger partial charge in [0.25, 0.3) is 5.91 Å². The molecule has 0 heterocycles. The molecule has 2 rings (SSSR count). The van der Waals surface area contributed by atoms with Crippen LogP contribution in [0, 0.1) is 11.8 Å². The van der Waals surface area contributed by atoms with Crippen LogP contribution in [-0.2, 0) is 0 Å². The summed E-state index contributed by atoms with van der Waals surface area (Å²) in [6.07, 6.45) is 9.27. The number of hydrogen-bond donors (Lipinski definition) is 2. The van der Waals surface area contributed by atoms with Crippen molar-refractivity contribution in [1.82, 2.24) is 5.32 Å². The summed E-state index contributed by atoms with van der Waals surface area (Å²) in [5.74, 6) is 2.73. The zero-order chi connectivity index (χ0) is 18.1. The number of ether oxygens (including phenoxy) is 1. The molecule has 2 unspecified atom stereocenters. The average molecular weight is 382 g/mol. The van der Waals surface area contributed by atoms with Crippen LogP contribution in [0.15, 0.2) is 30.9 Å². The summed E-state index contributed by atoms with van der Waals surface area (Å²) in [6.45, 7) is 5.01. The van der Waals surface area contributed by atoms with Crippen LogP contribution in [0.3, 0.4) is 0 Å². The number of benzene rings is 1. The first-order valence-corrected chi connectivity index (χ1v) is 10.1. The predicted octanol–water partition coefficient (Wildman–Crippen LogP) is 5.15. The van der Waals surface area contributed by atoms with E-state index in [-0.39, 0.29) is 5.91 Å². The van der Waals surface area contributed by atoms with Gasteiger partial charge in [0.15, 0.2) is 0 Å². The molecule has 0 saturated heterocycles. The Morgan fingerprint density at radius 3 is 2.96 bits per heavy atom. The quantitative estimate of drug-likeness (QED) is 0.334. The molecule has 1 N–H and O–H groups in total. The van der Waals surface area contributed by atoms with Gasteiger partial charge < -0.3 is 10.1 Å². The normalized spacial score (nSPS) is 19.6. The minimum Gasteiger partial charge on any atom is -0.493 e.